The van der Waals surface area contributed by atoms with Crippen LogP contribution >= 0.6 is 0 Å². The van der Waals surface area contributed by atoms with Crippen LogP contribution in [0, 0.1) is 0 Å². The van der Waals surface area contributed by atoms with Crippen molar-refractivity contribution in [3.63, 3.8) is 0 Å². The maximum Gasteiger partial charge on any atom is 0.204 e. The molecule has 3 N–H and O–H groups in total. The number of Topliss-reactive ketones (excluding diaryl/α,β-unsaturated/α-hetero) is 1. The molecule has 2 aromatic heterocycles. The van der Waals surface area contributed by atoms with E-state index in [1.165, 1.54) is 78.2 Å². The fourth-order valence-electron chi connectivity index (χ4n) is 4.78. The predicted octanol–water partition coefficient (Wildman–Crippen LogP) is 12.1. The van der Waals surface area contributed by atoms with Gasteiger partial charge in [-0.2, -0.15) is 0 Å². The van der Waals surface area contributed by atoms with Crippen LogP contribution in [0.2, 0.25) is 0 Å². The largest absolute Gasteiger partial charge is 0.502 e. The van der Waals surface area contributed by atoms with Crippen molar-refractivity contribution in [2.24, 2.45) is 0 Å². The normalized spacial score (nSPS) is 11.0. The molecule has 9 heteroatoms. The Bertz CT molecular complexity index is 1600. The number of aromatic amines is 2. The second-order valence-electron chi connectivity index (χ2n) is 12.5. The highest BCUT2D eigenvalue weighted by Crippen LogP contribution is 2.44. The van der Waals surface area contributed by atoms with E-state index in [1.54, 1.807) is 46.6 Å². The molecule has 1 fully saturated rings. The summed E-state index contributed by atoms with van der Waals surface area (Å²) in [4.78, 5) is 17.8. The standard InChI is InChI=1S/C19H27NO3.C13H15NO4.C4H10.C3H6.C3H8/c1-5-6-7-8-9-10-13(2)15-11-14-16(20-15)12-17(22-3)18(21)19(14)23-4;1-7(15)9-5-8-10(14-9)6-11(16-2)13(18-4)12(8)17-3;1-3-4-2;1-2-3-1;1-3-2/h11-12,20-21H,2,5-10H2,1,3-4H3;5-6,14H,1-4H3;3-4H2,1-2H3;1-3H2;3H2,1-2H3. The molecule has 286 valence electrons. The average Bonchev–Trinajstić information content (AvgIpc) is 3.86. The van der Waals surface area contributed by atoms with Gasteiger partial charge in [0.2, 0.25) is 11.5 Å². The van der Waals surface area contributed by atoms with Gasteiger partial charge in [-0.3, -0.25) is 4.79 Å². The minimum Gasteiger partial charge on any atom is -0.502 e. The number of methoxy groups -OCH3 is 5. The van der Waals surface area contributed by atoms with Crippen LogP contribution in [0.1, 0.15) is 135 Å². The third-order valence-electron chi connectivity index (χ3n) is 7.86. The number of phenolic OH excluding ortho intramolecular Hbond substituents is 1. The molecule has 0 bridgehead atoms. The van der Waals surface area contributed by atoms with E-state index >= 15 is 0 Å². The number of phenols is 1. The van der Waals surface area contributed by atoms with Gasteiger partial charge in [-0.15, -0.1) is 0 Å². The zero-order valence-electron chi connectivity index (χ0n) is 33.4. The second kappa shape index (κ2) is 24.8. The van der Waals surface area contributed by atoms with E-state index in [-0.39, 0.29) is 11.5 Å². The number of carbonyl (C=O) groups excluding carboxylic acids is 1. The Morgan fingerprint density at radius 2 is 1.12 bits per heavy atom. The molecule has 0 unspecified atom stereocenters. The summed E-state index contributed by atoms with van der Waals surface area (Å²) in [5, 5.41) is 11.8. The predicted molar refractivity (Wildman–Crippen MR) is 214 cm³/mol. The number of unbranched alkanes of at least 4 members (excludes halogenated alkanes) is 5. The molecule has 4 aromatic rings. The highest BCUT2D eigenvalue weighted by molar-refractivity contribution is 6.01. The van der Waals surface area contributed by atoms with Crippen LogP contribution in [0.4, 0.5) is 0 Å². The highest BCUT2D eigenvalue weighted by Gasteiger charge is 2.19. The smallest absolute Gasteiger partial charge is 0.204 e. The molecule has 0 amide bonds. The molecular formula is C42H66N2O7. The number of H-pyrrole nitrogens is 2. The molecule has 5 rings (SSSR count). The fourth-order valence-corrected chi connectivity index (χ4v) is 4.78. The Labute approximate surface area is 307 Å². The van der Waals surface area contributed by atoms with E-state index < -0.39 is 0 Å². The van der Waals surface area contributed by atoms with Gasteiger partial charge < -0.3 is 38.8 Å². The summed E-state index contributed by atoms with van der Waals surface area (Å²) in [5.74, 6) is 2.44. The minimum absolute atomic E-state index is 0.0261. The minimum atomic E-state index is -0.0359. The van der Waals surface area contributed by atoms with Gasteiger partial charge in [-0.05, 0) is 30.5 Å². The number of fused-ring (bicyclic) bond motifs is 2. The summed E-state index contributed by atoms with van der Waals surface area (Å²) in [7, 11) is 7.72. The Morgan fingerprint density at radius 1 is 0.647 bits per heavy atom. The quantitative estimate of drug-likeness (QED) is 0.0881. The number of aromatic nitrogens is 2. The molecule has 2 heterocycles. The summed E-state index contributed by atoms with van der Waals surface area (Å²) < 4.78 is 26.4. The molecule has 1 saturated carbocycles. The third-order valence-corrected chi connectivity index (χ3v) is 7.86. The van der Waals surface area contributed by atoms with Gasteiger partial charge in [-0.25, -0.2) is 0 Å². The molecule has 0 aliphatic heterocycles. The first-order valence-electron chi connectivity index (χ1n) is 18.5. The lowest BCUT2D eigenvalue weighted by molar-refractivity contribution is 0.101. The van der Waals surface area contributed by atoms with Gasteiger partial charge in [-0.1, -0.05) is 105 Å². The first-order valence-corrected chi connectivity index (χ1v) is 18.5. The Morgan fingerprint density at radius 3 is 1.57 bits per heavy atom. The number of rotatable bonds is 14. The van der Waals surface area contributed by atoms with Gasteiger partial charge in [0.1, 0.15) is 0 Å². The lowest BCUT2D eigenvalue weighted by Gasteiger charge is -2.12. The number of hydrogen-bond acceptors (Lipinski definition) is 7. The molecule has 0 radical (unpaired) electrons. The Hall–Kier alpha value is -4.27. The van der Waals surface area contributed by atoms with Crippen molar-refractivity contribution in [3.8, 4) is 34.5 Å². The zero-order valence-corrected chi connectivity index (χ0v) is 33.4. The number of allylic oxidation sites excluding steroid dienone is 1. The van der Waals surface area contributed by atoms with Gasteiger partial charge >= 0.3 is 0 Å². The summed E-state index contributed by atoms with van der Waals surface area (Å²) in [6.07, 6.45) is 15.6. The Balaban J connectivity index is 0.000000408. The van der Waals surface area contributed by atoms with Crippen LogP contribution < -0.4 is 23.7 Å². The van der Waals surface area contributed by atoms with Crippen LogP contribution in [-0.4, -0.2) is 56.4 Å². The Kier molecular flexibility index (Phi) is 21.8. The monoisotopic (exact) mass is 710 g/mol. The van der Waals surface area contributed by atoms with E-state index in [9.17, 15) is 9.90 Å². The average molecular weight is 711 g/mol. The van der Waals surface area contributed by atoms with Crippen LogP contribution in [0.5, 0.6) is 34.5 Å². The maximum atomic E-state index is 11.4. The number of ether oxygens (including phenoxy) is 5. The fraction of sp³-hybridized carbons (Fsp3) is 0.548. The zero-order chi connectivity index (χ0) is 38.3. The number of carbonyl (C=O) groups is 1. The van der Waals surface area contributed by atoms with Crippen molar-refractivity contribution in [2.75, 3.05) is 35.5 Å². The lowest BCUT2D eigenvalue weighted by Crippen LogP contribution is -1.95. The first-order chi connectivity index (χ1) is 24.6. The van der Waals surface area contributed by atoms with Crippen molar-refractivity contribution in [1.29, 1.82) is 0 Å². The molecule has 0 spiro atoms. The van der Waals surface area contributed by atoms with E-state index in [4.69, 9.17) is 23.7 Å². The molecule has 2 aromatic carbocycles. The van der Waals surface area contributed by atoms with Crippen molar-refractivity contribution < 1.29 is 33.6 Å². The number of hydrogen-bond donors (Lipinski definition) is 3. The molecule has 0 atom stereocenters. The summed E-state index contributed by atoms with van der Waals surface area (Å²) in [5.41, 5.74) is 4.24. The molecule has 1 aliphatic carbocycles. The van der Waals surface area contributed by atoms with E-state index in [2.05, 4.69) is 51.2 Å². The van der Waals surface area contributed by atoms with Crippen LogP contribution in [0.3, 0.4) is 0 Å². The van der Waals surface area contributed by atoms with Crippen molar-refractivity contribution in [3.05, 3.63) is 42.2 Å². The van der Waals surface area contributed by atoms with Gasteiger partial charge in [0.25, 0.3) is 0 Å². The number of ketones is 1. The van der Waals surface area contributed by atoms with Crippen LogP contribution in [0.25, 0.3) is 27.4 Å². The molecule has 51 heavy (non-hydrogen) atoms. The number of nitrogens with one attached hydrogen (secondary N) is 2. The van der Waals surface area contributed by atoms with Gasteiger partial charge in [0.05, 0.1) is 52.3 Å². The van der Waals surface area contributed by atoms with E-state index in [0.717, 1.165) is 45.9 Å². The van der Waals surface area contributed by atoms with Gasteiger partial charge in [0, 0.05) is 35.5 Å². The first kappa shape index (κ1) is 44.8. The van der Waals surface area contributed by atoms with Crippen LogP contribution in [-0.2, 0) is 0 Å². The molecule has 9 nitrogen and oxygen atoms in total. The summed E-state index contributed by atoms with van der Waals surface area (Å²) in [6.45, 7) is 16.5. The number of benzene rings is 2. The number of aromatic hydroxyl groups is 1. The highest BCUT2D eigenvalue weighted by atomic mass is 16.5. The summed E-state index contributed by atoms with van der Waals surface area (Å²) in [6, 6.07) is 7.30. The van der Waals surface area contributed by atoms with E-state index in [0.29, 0.717) is 34.4 Å². The SMILES string of the molecule is C1CC1.C=C(CCCCCCC)c1cc2c(OC)c(O)c(OC)cc2[nH]1.CCC.CCCC.COc1cc2[nH]c(C(C)=O)cc2c(OC)c1OC. The molecule has 0 saturated heterocycles. The van der Waals surface area contributed by atoms with Crippen molar-refractivity contribution in [1.82, 2.24) is 9.97 Å². The topological polar surface area (TPSA) is 115 Å². The van der Waals surface area contributed by atoms with Crippen LogP contribution in [0.15, 0.2) is 30.8 Å². The summed E-state index contributed by atoms with van der Waals surface area (Å²) >= 11 is 0. The van der Waals surface area contributed by atoms with Crippen molar-refractivity contribution in [2.45, 2.75) is 119 Å². The lowest BCUT2D eigenvalue weighted by atomic mass is 10.0. The third kappa shape index (κ3) is 14.1. The van der Waals surface area contributed by atoms with E-state index in [1.807, 2.05) is 6.07 Å². The van der Waals surface area contributed by atoms with Crippen molar-refractivity contribution >= 4 is 33.2 Å². The second-order valence-corrected chi connectivity index (χ2v) is 12.5. The van der Waals surface area contributed by atoms with Gasteiger partial charge in [0.15, 0.2) is 28.8 Å². The molecular weight excluding hydrogens is 644 g/mol. The maximum absolute atomic E-state index is 11.4. The molecule has 1 aliphatic rings.